The summed E-state index contributed by atoms with van der Waals surface area (Å²) in [6.45, 7) is 6.06. The highest BCUT2D eigenvalue weighted by atomic mass is 16.5. The first kappa shape index (κ1) is 19.9. The highest BCUT2D eigenvalue weighted by Crippen LogP contribution is 2.17. The molecule has 0 atom stereocenters. The minimum absolute atomic E-state index is 0.0654. The van der Waals surface area contributed by atoms with Crippen molar-refractivity contribution in [3.05, 3.63) is 50.7 Å². The first-order chi connectivity index (χ1) is 12.7. The Kier molecular flexibility index (Phi) is 6.47. The molecule has 0 spiro atoms. The summed E-state index contributed by atoms with van der Waals surface area (Å²) < 4.78 is 5.72. The number of benzene rings is 1. The van der Waals surface area contributed by atoms with Crippen molar-refractivity contribution in [3.63, 3.8) is 0 Å². The van der Waals surface area contributed by atoms with E-state index >= 15 is 0 Å². The number of rotatable bonds is 7. The van der Waals surface area contributed by atoms with Crippen LogP contribution in [0, 0.1) is 0 Å². The van der Waals surface area contributed by atoms with Gasteiger partial charge in [-0.1, -0.05) is 0 Å². The van der Waals surface area contributed by atoms with Crippen LogP contribution in [-0.4, -0.2) is 39.4 Å². The van der Waals surface area contributed by atoms with Crippen LogP contribution in [0.25, 0.3) is 0 Å². The fourth-order valence-corrected chi connectivity index (χ4v) is 1.97. The van der Waals surface area contributed by atoms with Crippen molar-refractivity contribution >= 4 is 17.9 Å². The van der Waals surface area contributed by atoms with Crippen LogP contribution >= 0.6 is 0 Å². The fraction of sp³-hybridized carbons (Fsp3) is 0.353. The summed E-state index contributed by atoms with van der Waals surface area (Å²) in [5.74, 6) is 0.344. The van der Waals surface area contributed by atoms with Crippen molar-refractivity contribution in [2.24, 2.45) is 5.10 Å². The molecule has 10 nitrogen and oxygen atoms in total. The van der Waals surface area contributed by atoms with Crippen molar-refractivity contribution in [1.29, 1.82) is 0 Å². The van der Waals surface area contributed by atoms with Crippen molar-refractivity contribution in [1.82, 2.24) is 20.6 Å². The molecule has 144 valence electrons. The summed E-state index contributed by atoms with van der Waals surface area (Å²) in [5.41, 5.74) is 1.57. The number of carbonyl (C=O) groups is 1. The number of hydrazone groups is 1. The number of amides is 1. The topological polar surface area (TPSA) is 141 Å². The lowest BCUT2D eigenvalue weighted by molar-refractivity contribution is -0.120. The van der Waals surface area contributed by atoms with Gasteiger partial charge in [0.25, 0.3) is 5.56 Å². The number of ether oxygens (including phenoxy) is 1. The maximum absolute atomic E-state index is 11.7. The fourth-order valence-electron chi connectivity index (χ4n) is 1.97. The van der Waals surface area contributed by atoms with Gasteiger partial charge >= 0.3 is 5.69 Å². The molecular formula is C17H22N6O4. The predicted octanol–water partition coefficient (Wildman–Crippen LogP) is 0.588. The van der Waals surface area contributed by atoms with Gasteiger partial charge in [-0.3, -0.25) is 14.6 Å². The van der Waals surface area contributed by atoms with E-state index in [1.165, 1.54) is 6.21 Å². The first-order valence-corrected chi connectivity index (χ1v) is 8.27. The summed E-state index contributed by atoms with van der Waals surface area (Å²) in [7, 11) is 0. The summed E-state index contributed by atoms with van der Waals surface area (Å²) in [4.78, 5) is 36.0. The molecule has 0 bridgehead atoms. The predicted molar refractivity (Wildman–Crippen MR) is 101 cm³/mol. The van der Waals surface area contributed by atoms with E-state index in [4.69, 9.17) is 4.74 Å². The number of aromatic nitrogens is 3. The molecule has 1 aromatic carbocycles. The summed E-state index contributed by atoms with van der Waals surface area (Å²) in [6, 6.07) is 7.30. The minimum Gasteiger partial charge on any atom is -0.488 e. The van der Waals surface area contributed by atoms with Crippen molar-refractivity contribution in [2.75, 3.05) is 11.9 Å². The standard InChI is InChI=1S/C17H22N6O4/c1-17(2,3)27-12-6-4-11(5-7-12)10-19-21-13(24)8-9-18-14-15(25)20-16(26)23-22-14/h4-7,10H,8-9H2,1-3H3,(H,18,22)(H,21,24)(H2,20,23,25,26)/b19-10+. The number of anilines is 1. The maximum atomic E-state index is 11.7. The number of nitrogens with zero attached hydrogens (tertiary/aromatic N) is 2. The van der Waals surface area contributed by atoms with Crippen molar-refractivity contribution in [2.45, 2.75) is 32.8 Å². The SMILES string of the molecule is CC(C)(C)Oc1ccc(/C=N/NC(=O)CCNc2n[nH]c(=O)[nH]c2=O)cc1. The molecule has 0 fully saturated rings. The molecule has 27 heavy (non-hydrogen) atoms. The summed E-state index contributed by atoms with van der Waals surface area (Å²) in [5, 5.41) is 12.2. The second kappa shape index (κ2) is 8.79. The van der Waals surface area contributed by atoms with Gasteiger partial charge in [-0.2, -0.15) is 5.10 Å². The van der Waals surface area contributed by atoms with Gasteiger partial charge in [0.05, 0.1) is 6.21 Å². The largest absolute Gasteiger partial charge is 0.488 e. The molecule has 2 aromatic rings. The Morgan fingerprint density at radius 3 is 2.59 bits per heavy atom. The van der Waals surface area contributed by atoms with Gasteiger partial charge in [0.15, 0.2) is 0 Å². The molecule has 4 N–H and O–H groups in total. The van der Waals surface area contributed by atoms with Gasteiger partial charge in [0.2, 0.25) is 11.7 Å². The van der Waals surface area contributed by atoms with Gasteiger partial charge in [0.1, 0.15) is 11.4 Å². The zero-order valence-electron chi connectivity index (χ0n) is 15.3. The van der Waals surface area contributed by atoms with Gasteiger partial charge < -0.3 is 10.1 Å². The molecular weight excluding hydrogens is 352 g/mol. The highest BCUT2D eigenvalue weighted by Gasteiger charge is 2.11. The number of aromatic amines is 2. The van der Waals surface area contributed by atoms with E-state index in [-0.39, 0.29) is 30.3 Å². The second-order valence-electron chi connectivity index (χ2n) is 6.61. The van der Waals surface area contributed by atoms with Crippen LogP contribution in [-0.2, 0) is 4.79 Å². The molecule has 0 aliphatic carbocycles. The average molecular weight is 374 g/mol. The van der Waals surface area contributed by atoms with Crippen LogP contribution in [0.3, 0.4) is 0 Å². The Labute approximate surface area is 155 Å². The normalized spacial score (nSPS) is 11.4. The van der Waals surface area contributed by atoms with Gasteiger partial charge in [0, 0.05) is 13.0 Å². The Hall–Kier alpha value is -3.43. The van der Waals surface area contributed by atoms with Crippen molar-refractivity contribution < 1.29 is 9.53 Å². The number of H-pyrrole nitrogens is 2. The molecule has 0 aliphatic heterocycles. The van der Waals surface area contributed by atoms with Gasteiger partial charge in [-0.15, -0.1) is 5.10 Å². The van der Waals surface area contributed by atoms with E-state index in [9.17, 15) is 14.4 Å². The molecule has 1 aromatic heterocycles. The number of hydrogen-bond donors (Lipinski definition) is 4. The van der Waals surface area contributed by atoms with Crippen LogP contribution in [0.4, 0.5) is 5.82 Å². The van der Waals surface area contributed by atoms with Crippen LogP contribution in [0.5, 0.6) is 5.75 Å². The highest BCUT2D eigenvalue weighted by molar-refractivity contribution is 5.82. The molecule has 1 amide bonds. The first-order valence-electron chi connectivity index (χ1n) is 8.27. The van der Waals surface area contributed by atoms with E-state index in [2.05, 4.69) is 26.0 Å². The van der Waals surface area contributed by atoms with E-state index < -0.39 is 11.2 Å². The third-order valence-electron chi connectivity index (χ3n) is 3.06. The lowest BCUT2D eigenvalue weighted by Crippen LogP contribution is -2.28. The third-order valence-corrected chi connectivity index (χ3v) is 3.06. The van der Waals surface area contributed by atoms with Crippen LogP contribution in [0.2, 0.25) is 0 Å². The number of carbonyl (C=O) groups excluding carboxylic acids is 1. The number of hydrogen-bond acceptors (Lipinski definition) is 7. The Morgan fingerprint density at radius 2 is 1.96 bits per heavy atom. The second-order valence-corrected chi connectivity index (χ2v) is 6.61. The smallest absolute Gasteiger partial charge is 0.342 e. The van der Waals surface area contributed by atoms with Crippen LogP contribution < -0.4 is 26.7 Å². The quantitative estimate of drug-likeness (QED) is 0.413. The Balaban J connectivity index is 1.76. The van der Waals surface area contributed by atoms with Gasteiger partial charge in [-0.05, 0) is 50.6 Å². The van der Waals surface area contributed by atoms with Crippen LogP contribution in [0.1, 0.15) is 32.8 Å². The minimum atomic E-state index is -0.698. The number of nitrogens with one attached hydrogen (secondary N) is 4. The van der Waals surface area contributed by atoms with Gasteiger partial charge in [-0.25, -0.2) is 15.3 Å². The van der Waals surface area contributed by atoms with E-state index in [1.54, 1.807) is 0 Å². The van der Waals surface area contributed by atoms with Crippen molar-refractivity contribution in [3.8, 4) is 5.75 Å². The lowest BCUT2D eigenvalue weighted by atomic mass is 10.2. The maximum Gasteiger partial charge on any atom is 0.342 e. The Morgan fingerprint density at radius 1 is 1.26 bits per heavy atom. The lowest BCUT2D eigenvalue weighted by Gasteiger charge is -2.21. The monoisotopic (exact) mass is 374 g/mol. The Bertz CT molecular complexity index is 909. The molecule has 0 radical (unpaired) electrons. The molecule has 0 unspecified atom stereocenters. The average Bonchev–Trinajstić information content (AvgIpc) is 2.57. The van der Waals surface area contributed by atoms with E-state index in [1.807, 2.05) is 50.0 Å². The summed E-state index contributed by atoms with van der Waals surface area (Å²) >= 11 is 0. The molecule has 2 rings (SSSR count). The van der Waals surface area contributed by atoms with E-state index in [0.29, 0.717) is 0 Å². The van der Waals surface area contributed by atoms with E-state index in [0.717, 1.165) is 11.3 Å². The zero-order valence-corrected chi connectivity index (χ0v) is 15.3. The summed E-state index contributed by atoms with van der Waals surface area (Å²) in [6.07, 6.45) is 1.58. The molecule has 0 saturated heterocycles. The third kappa shape index (κ3) is 7.14. The molecule has 10 heteroatoms. The molecule has 1 heterocycles. The van der Waals surface area contributed by atoms with Crippen LogP contribution in [0.15, 0.2) is 39.0 Å². The molecule has 0 aliphatic rings. The zero-order chi connectivity index (χ0) is 19.9. The molecule has 0 saturated carbocycles.